The molecule has 0 bridgehead atoms. The first-order valence-corrected chi connectivity index (χ1v) is 5.09. The fourth-order valence-corrected chi connectivity index (χ4v) is 1.77. The van der Waals surface area contributed by atoms with Crippen molar-refractivity contribution in [1.82, 2.24) is 9.88 Å². The molecular formula is C10H13ClN2O. The van der Waals surface area contributed by atoms with Gasteiger partial charge in [-0.1, -0.05) is 11.6 Å². The fourth-order valence-electron chi connectivity index (χ4n) is 1.61. The van der Waals surface area contributed by atoms with Gasteiger partial charge < -0.3 is 9.64 Å². The van der Waals surface area contributed by atoms with E-state index in [0.29, 0.717) is 10.9 Å². The van der Waals surface area contributed by atoms with Crippen LogP contribution in [0.2, 0.25) is 5.02 Å². The predicted molar refractivity (Wildman–Crippen MR) is 55.8 cm³/mol. The van der Waals surface area contributed by atoms with Gasteiger partial charge in [0.15, 0.2) is 0 Å². The summed E-state index contributed by atoms with van der Waals surface area (Å²) < 4.78 is 5.69. The van der Waals surface area contributed by atoms with Crippen molar-refractivity contribution in [2.75, 3.05) is 20.1 Å². The molecule has 1 aromatic rings. The van der Waals surface area contributed by atoms with Crippen LogP contribution in [0.1, 0.15) is 6.42 Å². The Kier molecular flexibility index (Phi) is 2.89. The highest BCUT2D eigenvalue weighted by Gasteiger charge is 2.21. The summed E-state index contributed by atoms with van der Waals surface area (Å²) in [6.45, 7) is 2.03. The molecule has 0 aromatic carbocycles. The van der Waals surface area contributed by atoms with Crippen molar-refractivity contribution in [3.63, 3.8) is 0 Å². The summed E-state index contributed by atoms with van der Waals surface area (Å²) in [4.78, 5) is 6.33. The van der Waals surface area contributed by atoms with Gasteiger partial charge in [-0.05, 0) is 25.6 Å². The van der Waals surface area contributed by atoms with Gasteiger partial charge in [-0.25, -0.2) is 4.98 Å². The number of hydrogen-bond acceptors (Lipinski definition) is 3. The second-order valence-corrected chi connectivity index (χ2v) is 3.99. The Morgan fingerprint density at radius 3 is 3.14 bits per heavy atom. The van der Waals surface area contributed by atoms with E-state index >= 15 is 0 Å². The van der Waals surface area contributed by atoms with Crippen LogP contribution in [0.3, 0.4) is 0 Å². The lowest BCUT2D eigenvalue weighted by Gasteiger charge is -2.13. The molecule has 0 radical (unpaired) electrons. The lowest BCUT2D eigenvalue weighted by atomic mass is 10.3. The smallest absolute Gasteiger partial charge is 0.232 e. The summed E-state index contributed by atoms with van der Waals surface area (Å²) in [5.74, 6) is 0.550. The van der Waals surface area contributed by atoms with Crippen LogP contribution in [0, 0.1) is 0 Å². The molecule has 1 aliphatic heterocycles. The highest BCUT2D eigenvalue weighted by Crippen LogP contribution is 2.23. The monoisotopic (exact) mass is 212 g/mol. The Balaban J connectivity index is 2.01. The van der Waals surface area contributed by atoms with Crippen LogP contribution in [0.25, 0.3) is 0 Å². The van der Waals surface area contributed by atoms with Crippen molar-refractivity contribution < 1.29 is 4.74 Å². The molecule has 2 heterocycles. The van der Waals surface area contributed by atoms with E-state index in [1.807, 2.05) is 0 Å². The van der Waals surface area contributed by atoms with E-state index in [0.717, 1.165) is 19.5 Å². The van der Waals surface area contributed by atoms with Gasteiger partial charge >= 0.3 is 0 Å². The van der Waals surface area contributed by atoms with Crippen molar-refractivity contribution in [3.8, 4) is 5.88 Å². The SMILES string of the molecule is CN1CCC(Oc2ncccc2Cl)C1. The first-order chi connectivity index (χ1) is 6.75. The number of halogens is 1. The van der Waals surface area contributed by atoms with E-state index in [1.54, 1.807) is 18.3 Å². The fraction of sp³-hybridized carbons (Fsp3) is 0.500. The number of nitrogens with zero attached hydrogens (tertiary/aromatic N) is 2. The van der Waals surface area contributed by atoms with Gasteiger partial charge in [-0.3, -0.25) is 0 Å². The number of likely N-dealkylation sites (tertiary alicyclic amines) is 1. The average molecular weight is 213 g/mol. The Bertz CT molecular complexity index is 319. The molecule has 0 amide bonds. The van der Waals surface area contributed by atoms with Gasteiger partial charge in [-0.2, -0.15) is 0 Å². The van der Waals surface area contributed by atoms with E-state index in [2.05, 4.69) is 16.9 Å². The van der Waals surface area contributed by atoms with Gasteiger partial charge in [0.2, 0.25) is 5.88 Å². The van der Waals surface area contributed by atoms with Crippen molar-refractivity contribution >= 4 is 11.6 Å². The normalized spacial score (nSPS) is 22.6. The molecule has 76 valence electrons. The van der Waals surface area contributed by atoms with E-state index in [1.165, 1.54) is 0 Å². The summed E-state index contributed by atoms with van der Waals surface area (Å²) >= 11 is 5.94. The second kappa shape index (κ2) is 4.15. The van der Waals surface area contributed by atoms with E-state index in [4.69, 9.17) is 16.3 Å². The molecule has 2 rings (SSSR count). The summed E-state index contributed by atoms with van der Waals surface area (Å²) in [6.07, 6.45) is 2.97. The zero-order chi connectivity index (χ0) is 9.97. The van der Waals surface area contributed by atoms with Crippen LogP contribution in [0.15, 0.2) is 18.3 Å². The topological polar surface area (TPSA) is 25.4 Å². The molecular weight excluding hydrogens is 200 g/mol. The van der Waals surface area contributed by atoms with Crippen LogP contribution in [-0.4, -0.2) is 36.1 Å². The minimum absolute atomic E-state index is 0.229. The number of rotatable bonds is 2. The number of aromatic nitrogens is 1. The van der Waals surface area contributed by atoms with Crippen molar-refractivity contribution in [2.24, 2.45) is 0 Å². The van der Waals surface area contributed by atoms with Crippen molar-refractivity contribution in [3.05, 3.63) is 23.4 Å². The Morgan fingerprint density at radius 1 is 1.64 bits per heavy atom. The number of hydrogen-bond donors (Lipinski definition) is 0. The molecule has 4 heteroatoms. The van der Waals surface area contributed by atoms with Crippen LogP contribution < -0.4 is 4.74 Å². The third kappa shape index (κ3) is 2.16. The van der Waals surface area contributed by atoms with Crippen LogP contribution in [0.5, 0.6) is 5.88 Å². The molecule has 0 spiro atoms. The molecule has 0 N–H and O–H groups in total. The lowest BCUT2D eigenvalue weighted by molar-refractivity contribution is 0.200. The minimum atomic E-state index is 0.229. The molecule has 14 heavy (non-hydrogen) atoms. The maximum Gasteiger partial charge on any atom is 0.232 e. The zero-order valence-electron chi connectivity index (χ0n) is 8.11. The molecule has 3 nitrogen and oxygen atoms in total. The Labute approximate surface area is 88.6 Å². The number of pyridine rings is 1. The average Bonchev–Trinajstić information content (AvgIpc) is 2.56. The molecule has 1 unspecified atom stereocenters. The molecule has 1 aromatic heterocycles. The maximum absolute atomic E-state index is 5.94. The van der Waals surface area contributed by atoms with Crippen LogP contribution >= 0.6 is 11.6 Å². The Hall–Kier alpha value is -0.800. The molecule has 1 atom stereocenters. The minimum Gasteiger partial charge on any atom is -0.472 e. The Morgan fingerprint density at radius 2 is 2.50 bits per heavy atom. The van der Waals surface area contributed by atoms with E-state index < -0.39 is 0 Å². The van der Waals surface area contributed by atoms with E-state index in [9.17, 15) is 0 Å². The molecule has 1 saturated heterocycles. The summed E-state index contributed by atoms with van der Waals surface area (Å²) in [7, 11) is 2.09. The van der Waals surface area contributed by atoms with Crippen LogP contribution in [-0.2, 0) is 0 Å². The van der Waals surface area contributed by atoms with E-state index in [-0.39, 0.29) is 6.10 Å². The molecule has 1 aliphatic rings. The number of likely N-dealkylation sites (N-methyl/N-ethyl adjacent to an activating group) is 1. The first-order valence-electron chi connectivity index (χ1n) is 4.71. The molecule has 0 saturated carbocycles. The van der Waals surface area contributed by atoms with Gasteiger partial charge in [0, 0.05) is 19.3 Å². The highest BCUT2D eigenvalue weighted by atomic mass is 35.5. The summed E-state index contributed by atoms with van der Waals surface area (Å²) in [5, 5.41) is 0.585. The zero-order valence-corrected chi connectivity index (χ0v) is 8.87. The predicted octanol–water partition coefficient (Wildman–Crippen LogP) is 1.82. The standard InChI is InChI=1S/C10H13ClN2O/c1-13-6-4-8(7-13)14-10-9(11)3-2-5-12-10/h2-3,5,8H,4,6-7H2,1H3. The van der Waals surface area contributed by atoms with Crippen LogP contribution in [0.4, 0.5) is 0 Å². The van der Waals surface area contributed by atoms with Gasteiger partial charge in [-0.15, -0.1) is 0 Å². The number of ether oxygens (including phenoxy) is 1. The maximum atomic E-state index is 5.94. The van der Waals surface area contributed by atoms with Crippen molar-refractivity contribution in [1.29, 1.82) is 0 Å². The second-order valence-electron chi connectivity index (χ2n) is 3.58. The first kappa shape index (κ1) is 9.74. The molecule has 0 aliphatic carbocycles. The largest absolute Gasteiger partial charge is 0.472 e. The van der Waals surface area contributed by atoms with Gasteiger partial charge in [0.1, 0.15) is 11.1 Å². The quantitative estimate of drug-likeness (QED) is 0.748. The van der Waals surface area contributed by atoms with Gasteiger partial charge in [0.25, 0.3) is 0 Å². The van der Waals surface area contributed by atoms with Crippen molar-refractivity contribution in [2.45, 2.75) is 12.5 Å². The summed E-state index contributed by atoms with van der Waals surface area (Å²) in [6, 6.07) is 3.60. The highest BCUT2D eigenvalue weighted by molar-refractivity contribution is 6.31. The summed E-state index contributed by atoms with van der Waals surface area (Å²) in [5.41, 5.74) is 0. The van der Waals surface area contributed by atoms with Gasteiger partial charge in [0.05, 0.1) is 0 Å². The third-order valence-electron chi connectivity index (χ3n) is 2.35. The lowest BCUT2D eigenvalue weighted by Crippen LogP contribution is -2.21. The third-order valence-corrected chi connectivity index (χ3v) is 2.64. The molecule has 1 fully saturated rings.